The van der Waals surface area contributed by atoms with Crippen LogP contribution in [0.5, 0.6) is 5.75 Å². The molecule has 1 aliphatic heterocycles. The summed E-state index contributed by atoms with van der Waals surface area (Å²) in [5, 5.41) is 10.2. The summed E-state index contributed by atoms with van der Waals surface area (Å²) < 4.78 is 5.34. The number of rotatable bonds is 5. The van der Waals surface area contributed by atoms with Gasteiger partial charge in [-0.1, -0.05) is 11.6 Å². The Morgan fingerprint density at radius 2 is 2.04 bits per heavy atom. The van der Waals surface area contributed by atoms with E-state index in [9.17, 15) is 9.90 Å². The Labute approximate surface area is 142 Å². The van der Waals surface area contributed by atoms with Gasteiger partial charge in [0.1, 0.15) is 5.75 Å². The minimum atomic E-state index is -0.0716. The number of phenols is 1. The minimum Gasteiger partial charge on any atom is -0.508 e. The van der Waals surface area contributed by atoms with Crippen molar-refractivity contribution in [3.63, 3.8) is 0 Å². The normalized spacial score (nSPS) is 15.4. The molecule has 128 valence electrons. The van der Waals surface area contributed by atoms with Gasteiger partial charge >= 0.3 is 6.03 Å². The highest BCUT2D eigenvalue weighted by Crippen LogP contribution is 2.23. The maximum absolute atomic E-state index is 12.4. The van der Waals surface area contributed by atoms with Crippen LogP contribution in [0.1, 0.15) is 5.56 Å². The molecule has 1 aromatic rings. The first-order valence-electron chi connectivity index (χ1n) is 7.71. The molecule has 2 amide bonds. The maximum Gasteiger partial charge on any atom is 0.319 e. The molecule has 0 atom stereocenters. The second kappa shape index (κ2) is 8.38. The van der Waals surface area contributed by atoms with E-state index in [2.05, 4.69) is 4.90 Å². The van der Waals surface area contributed by atoms with Gasteiger partial charge < -0.3 is 19.6 Å². The van der Waals surface area contributed by atoms with E-state index in [0.29, 0.717) is 18.1 Å². The zero-order chi connectivity index (χ0) is 16.8. The molecule has 7 heteroatoms. The number of benzene rings is 1. The van der Waals surface area contributed by atoms with Crippen LogP contribution in [-0.2, 0) is 11.3 Å². The zero-order valence-electron chi connectivity index (χ0n) is 13.7. The van der Waals surface area contributed by atoms with Gasteiger partial charge in [-0.25, -0.2) is 4.79 Å². The third-order valence-electron chi connectivity index (χ3n) is 3.83. The number of urea groups is 1. The molecule has 23 heavy (non-hydrogen) atoms. The van der Waals surface area contributed by atoms with Gasteiger partial charge in [0.25, 0.3) is 0 Å². The highest BCUT2D eigenvalue weighted by molar-refractivity contribution is 6.31. The van der Waals surface area contributed by atoms with Gasteiger partial charge in [0.05, 0.1) is 13.2 Å². The van der Waals surface area contributed by atoms with E-state index >= 15 is 0 Å². The highest BCUT2D eigenvalue weighted by atomic mass is 35.5. The number of carbonyl (C=O) groups is 1. The minimum absolute atomic E-state index is 0.0716. The van der Waals surface area contributed by atoms with E-state index in [1.54, 1.807) is 36.0 Å². The van der Waals surface area contributed by atoms with Crippen molar-refractivity contribution in [1.82, 2.24) is 14.7 Å². The maximum atomic E-state index is 12.4. The second-order valence-corrected chi connectivity index (χ2v) is 6.24. The van der Waals surface area contributed by atoms with Crippen molar-refractivity contribution in [2.45, 2.75) is 6.54 Å². The van der Waals surface area contributed by atoms with Gasteiger partial charge in [-0.2, -0.15) is 0 Å². The number of hydrogen-bond acceptors (Lipinski definition) is 4. The summed E-state index contributed by atoms with van der Waals surface area (Å²) in [6, 6.07) is 4.72. The van der Waals surface area contributed by atoms with Gasteiger partial charge in [0.2, 0.25) is 0 Å². The van der Waals surface area contributed by atoms with Crippen LogP contribution < -0.4 is 0 Å². The molecule has 0 radical (unpaired) electrons. The molecule has 1 aromatic carbocycles. The summed E-state index contributed by atoms with van der Waals surface area (Å²) in [5.41, 5.74) is 0.740. The van der Waals surface area contributed by atoms with Crippen molar-refractivity contribution in [1.29, 1.82) is 0 Å². The zero-order valence-corrected chi connectivity index (χ0v) is 14.4. The molecule has 2 rings (SSSR count). The third-order valence-corrected chi connectivity index (χ3v) is 4.20. The van der Waals surface area contributed by atoms with Gasteiger partial charge in [-0.15, -0.1) is 0 Å². The van der Waals surface area contributed by atoms with Crippen LogP contribution in [0.4, 0.5) is 4.79 Å². The van der Waals surface area contributed by atoms with E-state index in [1.807, 2.05) is 0 Å². The lowest BCUT2D eigenvalue weighted by Gasteiger charge is -2.31. The van der Waals surface area contributed by atoms with E-state index < -0.39 is 0 Å². The van der Waals surface area contributed by atoms with E-state index in [1.165, 1.54) is 6.07 Å². The first kappa shape index (κ1) is 17.8. The molecular formula is C16H24ClN3O3. The average molecular weight is 342 g/mol. The molecule has 0 saturated carbocycles. The highest BCUT2D eigenvalue weighted by Gasteiger charge is 2.19. The Hall–Kier alpha value is -1.50. The Kier molecular flexibility index (Phi) is 6.50. The molecule has 0 bridgehead atoms. The van der Waals surface area contributed by atoms with Crippen molar-refractivity contribution in [2.75, 3.05) is 53.5 Å². The topological polar surface area (TPSA) is 56.3 Å². The van der Waals surface area contributed by atoms with Crippen LogP contribution in [0.3, 0.4) is 0 Å². The smallest absolute Gasteiger partial charge is 0.319 e. The summed E-state index contributed by atoms with van der Waals surface area (Å²) >= 11 is 6.18. The summed E-state index contributed by atoms with van der Waals surface area (Å²) in [5.74, 6) is 0.148. The van der Waals surface area contributed by atoms with Crippen LogP contribution in [-0.4, -0.2) is 79.3 Å². The van der Waals surface area contributed by atoms with Crippen molar-refractivity contribution >= 4 is 17.6 Å². The summed E-state index contributed by atoms with van der Waals surface area (Å²) in [4.78, 5) is 18.0. The largest absolute Gasteiger partial charge is 0.508 e. The van der Waals surface area contributed by atoms with Crippen LogP contribution in [0.15, 0.2) is 18.2 Å². The monoisotopic (exact) mass is 341 g/mol. The molecule has 1 saturated heterocycles. The number of morpholine rings is 1. The molecule has 0 spiro atoms. The van der Waals surface area contributed by atoms with Crippen LogP contribution in [0.25, 0.3) is 0 Å². The number of hydrogen-bond donors (Lipinski definition) is 1. The lowest BCUT2D eigenvalue weighted by Crippen LogP contribution is -2.45. The van der Waals surface area contributed by atoms with Crippen molar-refractivity contribution in [3.05, 3.63) is 28.8 Å². The molecule has 1 aliphatic rings. The third kappa shape index (κ3) is 5.27. The molecule has 0 unspecified atom stereocenters. The molecule has 1 heterocycles. The quantitative estimate of drug-likeness (QED) is 0.888. The predicted molar refractivity (Wildman–Crippen MR) is 89.9 cm³/mol. The molecule has 0 aliphatic carbocycles. The fourth-order valence-electron chi connectivity index (χ4n) is 2.50. The standard InChI is InChI=1S/C16H24ClN3O3/c1-18(2)16(22)20(6-5-19-7-9-23-10-8-19)12-13-11-14(21)3-4-15(13)17/h3-4,11,21H,5-10,12H2,1-2H3. The molecule has 0 aromatic heterocycles. The number of phenolic OH excluding ortho intramolecular Hbond substituents is 1. The van der Waals surface area contributed by atoms with E-state index in [4.69, 9.17) is 16.3 Å². The van der Waals surface area contributed by atoms with Gasteiger partial charge in [0, 0.05) is 51.8 Å². The van der Waals surface area contributed by atoms with Crippen molar-refractivity contribution in [2.24, 2.45) is 0 Å². The molecule has 1 N–H and O–H groups in total. The Morgan fingerprint density at radius 1 is 1.35 bits per heavy atom. The van der Waals surface area contributed by atoms with Gasteiger partial charge in [-0.3, -0.25) is 4.90 Å². The van der Waals surface area contributed by atoms with E-state index in [-0.39, 0.29) is 11.8 Å². The Morgan fingerprint density at radius 3 is 2.70 bits per heavy atom. The van der Waals surface area contributed by atoms with Crippen LogP contribution in [0, 0.1) is 0 Å². The molecule has 6 nitrogen and oxygen atoms in total. The molecular weight excluding hydrogens is 318 g/mol. The lowest BCUT2D eigenvalue weighted by molar-refractivity contribution is 0.0341. The van der Waals surface area contributed by atoms with Crippen LogP contribution >= 0.6 is 11.6 Å². The number of ether oxygens (including phenoxy) is 1. The number of carbonyl (C=O) groups excluding carboxylic acids is 1. The predicted octanol–water partition coefficient (Wildman–Crippen LogP) is 1.86. The average Bonchev–Trinajstić information content (AvgIpc) is 2.54. The fourth-order valence-corrected chi connectivity index (χ4v) is 2.68. The van der Waals surface area contributed by atoms with Crippen LogP contribution in [0.2, 0.25) is 5.02 Å². The Balaban J connectivity index is 2.04. The summed E-state index contributed by atoms with van der Waals surface area (Å²) in [7, 11) is 3.46. The lowest BCUT2D eigenvalue weighted by atomic mass is 10.2. The SMILES string of the molecule is CN(C)C(=O)N(CCN1CCOCC1)Cc1cc(O)ccc1Cl. The number of aromatic hydroxyl groups is 1. The summed E-state index contributed by atoms with van der Waals surface area (Å²) in [6.45, 7) is 5.00. The summed E-state index contributed by atoms with van der Waals surface area (Å²) in [6.07, 6.45) is 0. The van der Waals surface area contributed by atoms with Gasteiger partial charge in [0.15, 0.2) is 0 Å². The second-order valence-electron chi connectivity index (χ2n) is 5.83. The van der Waals surface area contributed by atoms with E-state index in [0.717, 1.165) is 38.4 Å². The van der Waals surface area contributed by atoms with Gasteiger partial charge in [-0.05, 0) is 23.8 Å². The van der Waals surface area contributed by atoms with Crippen molar-refractivity contribution < 1.29 is 14.6 Å². The Bertz CT molecular complexity index is 533. The fraction of sp³-hybridized carbons (Fsp3) is 0.562. The number of nitrogens with zero attached hydrogens (tertiary/aromatic N) is 3. The first-order valence-corrected chi connectivity index (χ1v) is 8.09. The number of halogens is 1. The number of amides is 2. The molecule has 1 fully saturated rings. The first-order chi connectivity index (χ1) is 11.0. The van der Waals surface area contributed by atoms with Crippen molar-refractivity contribution in [3.8, 4) is 5.75 Å².